The lowest BCUT2D eigenvalue weighted by Crippen LogP contribution is -2.24. The van der Waals surface area contributed by atoms with Crippen LogP contribution in [-0.2, 0) is 4.79 Å². The second kappa shape index (κ2) is 9.07. The van der Waals surface area contributed by atoms with E-state index >= 15 is 0 Å². The van der Waals surface area contributed by atoms with Gasteiger partial charge >= 0.3 is 0 Å². The Morgan fingerprint density at radius 2 is 2.12 bits per heavy atom. The fourth-order valence-electron chi connectivity index (χ4n) is 1.80. The molecule has 2 aromatic rings. The molecule has 0 unspecified atom stereocenters. The van der Waals surface area contributed by atoms with Crippen molar-refractivity contribution in [2.75, 3.05) is 13.7 Å². The number of aromatic hydroxyl groups is 1. The van der Waals surface area contributed by atoms with Crippen molar-refractivity contribution in [3.05, 3.63) is 49.9 Å². The molecule has 0 aliphatic rings. The summed E-state index contributed by atoms with van der Waals surface area (Å²) in [7, 11) is 1.50. The number of ether oxygens (including phenoxy) is 2. The average Bonchev–Trinajstić information content (AvgIpc) is 2.56. The van der Waals surface area contributed by atoms with Crippen LogP contribution in [-0.4, -0.2) is 30.9 Å². The Kier molecular flexibility index (Phi) is 7.10. The number of halogens is 3. The van der Waals surface area contributed by atoms with Gasteiger partial charge in [-0.15, -0.1) is 0 Å². The molecule has 132 valence electrons. The molecule has 0 spiro atoms. The predicted octanol–water partition coefficient (Wildman–Crippen LogP) is 4.11. The van der Waals surface area contributed by atoms with Gasteiger partial charge in [0.2, 0.25) is 0 Å². The second-order valence-electron chi connectivity index (χ2n) is 4.70. The van der Waals surface area contributed by atoms with E-state index in [9.17, 15) is 9.90 Å². The number of rotatable bonds is 6. The van der Waals surface area contributed by atoms with E-state index in [0.29, 0.717) is 26.6 Å². The van der Waals surface area contributed by atoms with Gasteiger partial charge in [-0.2, -0.15) is 5.10 Å². The number of nitrogens with zero attached hydrogens (tertiary/aromatic N) is 1. The van der Waals surface area contributed by atoms with Gasteiger partial charge in [-0.05, 0) is 46.3 Å². The van der Waals surface area contributed by atoms with Crippen LogP contribution in [0.1, 0.15) is 5.56 Å². The number of phenols is 1. The third-order valence-electron chi connectivity index (χ3n) is 2.92. The van der Waals surface area contributed by atoms with Gasteiger partial charge in [-0.1, -0.05) is 27.5 Å². The number of hydrazone groups is 1. The Morgan fingerprint density at radius 3 is 2.84 bits per heavy atom. The molecule has 0 heterocycles. The number of carbonyl (C=O) groups is 1. The highest BCUT2D eigenvalue weighted by atomic mass is 79.9. The highest BCUT2D eigenvalue weighted by Crippen LogP contribution is 2.38. The van der Waals surface area contributed by atoms with Crippen LogP contribution >= 0.6 is 43.5 Å². The molecule has 2 N–H and O–H groups in total. The van der Waals surface area contributed by atoms with Crippen molar-refractivity contribution >= 4 is 55.6 Å². The number of phenolic OH excluding ortho intramolecular Hbond substituents is 1. The molecular formula is C16H13Br2ClN2O4. The monoisotopic (exact) mass is 490 g/mol. The van der Waals surface area contributed by atoms with Crippen molar-refractivity contribution in [3.63, 3.8) is 0 Å². The molecule has 6 nitrogen and oxygen atoms in total. The summed E-state index contributed by atoms with van der Waals surface area (Å²) < 4.78 is 12.1. The molecule has 0 bridgehead atoms. The molecule has 0 saturated heterocycles. The highest BCUT2D eigenvalue weighted by Gasteiger charge is 2.12. The fourth-order valence-corrected chi connectivity index (χ4v) is 3.28. The summed E-state index contributed by atoms with van der Waals surface area (Å²) >= 11 is 12.5. The fraction of sp³-hybridized carbons (Fsp3) is 0.125. The second-order valence-corrected chi connectivity index (χ2v) is 6.91. The molecule has 0 aliphatic carbocycles. The van der Waals surface area contributed by atoms with E-state index in [4.69, 9.17) is 21.1 Å². The zero-order valence-corrected chi connectivity index (χ0v) is 16.9. The topological polar surface area (TPSA) is 80.2 Å². The maximum atomic E-state index is 11.8. The minimum Gasteiger partial charge on any atom is -0.507 e. The van der Waals surface area contributed by atoms with Gasteiger partial charge in [-0.25, -0.2) is 5.43 Å². The minimum atomic E-state index is -0.477. The van der Waals surface area contributed by atoms with Gasteiger partial charge in [0.25, 0.3) is 5.91 Å². The first-order chi connectivity index (χ1) is 11.9. The summed E-state index contributed by atoms with van der Waals surface area (Å²) in [5, 5.41) is 13.9. The van der Waals surface area contributed by atoms with Crippen molar-refractivity contribution in [3.8, 4) is 17.2 Å². The summed E-state index contributed by atoms with van der Waals surface area (Å²) in [6, 6.07) is 8.00. The van der Waals surface area contributed by atoms with Crippen LogP contribution in [0.2, 0.25) is 5.02 Å². The van der Waals surface area contributed by atoms with Crippen LogP contribution in [0.5, 0.6) is 17.2 Å². The summed E-state index contributed by atoms with van der Waals surface area (Å²) in [5.74, 6) is 0.399. The third kappa shape index (κ3) is 5.62. The summed E-state index contributed by atoms with van der Waals surface area (Å²) in [5.41, 5.74) is 2.68. The van der Waals surface area contributed by atoms with Crippen LogP contribution in [0.4, 0.5) is 0 Å². The van der Waals surface area contributed by atoms with Crippen LogP contribution in [0.15, 0.2) is 44.4 Å². The minimum absolute atomic E-state index is 0.00202. The first-order valence-corrected chi connectivity index (χ1v) is 8.83. The van der Waals surface area contributed by atoms with Gasteiger partial charge < -0.3 is 14.6 Å². The normalized spacial score (nSPS) is 10.7. The predicted molar refractivity (Wildman–Crippen MR) is 103 cm³/mol. The molecule has 1 amide bonds. The molecule has 25 heavy (non-hydrogen) atoms. The standard InChI is InChI=1S/C16H13Br2ClN2O4/c1-24-14-6-10(17)5-12(18)16(14)25-8-15(23)21-20-7-9-4-11(19)2-3-13(9)22/h2-7,22H,8H2,1H3,(H,21,23)/b20-7+. The summed E-state index contributed by atoms with van der Waals surface area (Å²) in [6.45, 7) is -0.268. The maximum absolute atomic E-state index is 11.8. The molecule has 0 saturated carbocycles. The summed E-state index contributed by atoms with van der Waals surface area (Å²) in [6.07, 6.45) is 1.29. The van der Waals surface area contributed by atoms with Crippen LogP contribution in [0, 0.1) is 0 Å². The Balaban J connectivity index is 1.95. The lowest BCUT2D eigenvalue weighted by Gasteiger charge is -2.12. The van der Waals surface area contributed by atoms with Gasteiger partial charge in [0.15, 0.2) is 18.1 Å². The van der Waals surface area contributed by atoms with Gasteiger partial charge in [-0.3, -0.25) is 4.79 Å². The van der Waals surface area contributed by atoms with Crippen molar-refractivity contribution in [1.82, 2.24) is 5.43 Å². The molecule has 2 aromatic carbocycles. The molecule has 0 fully saturated rings. The third-order valence-corrected chi connectivity index (χ3v) is 4.21. The van der Waals surface area contributed by atoms with Crippen molar-refractivity contribution < 1.29 is 19.4 Å². The number of benzene rings is 2. The van der Waals surface area contributed by atoms with Crippen molar-refractivity contribution in [1.29, 1.82) is 0 Å². The van der Waals surface area contributed by atoms with Crippen molar-refractivity contribution in [2.24, 2.45) is 5.10 Å². The quantitative estimate of drug-likeness (QED) is 0.470. The van der Waals surface area contributed by atoms with Gasteiger partial charge in [0.05, 0.1) is 17.8 Å². The van der Waals surface area contributed by atoms with E-state index in [1.165, 1.54) is 25.5 Å². The molecular weight excluding hydrogens is 479 g/mol. The molecule has 0 radical (unpaired) electrons. The van der Waals surface area contributed by atoms with E-state index in [1.54, 1.807) is 18.2 Å². The lowest BCUT2D eigenvalue weighted by atomic mass is 10.2. The van der Waals surface area contributed by atoms with E-state index < -0.39 is 5.91 Å². The van der Waals surface area contributed by atoms with E-state index in [1.807, 2.05) is 0 Å². The van der Waals surface area contributed by atoms with Crippen LogP contribution in [0.3, 0.4) is 0 Å². The Hall–Kier alpha value is -1.77. The number of carbonyl (C=O) groups excluding carboxylic acids is 1. The number of hydrogen-bond acceptors (Lipinski definition) is 5. The molecule has 0 atom stereocenters. The lowest BCUT2D eigenvalue weighted by molar-refractivity contribution is -0.123. The number of nitrogens with one attached hydrogen (secondary N) is 1. The number of methoxy groups -OCH3 is 1. The molecule has 0 aromatic heterocycles. The Morgan fingerprint density at radius 1 is 1.36 bits per heavy atom. The van der Waals surface area contributed by atoms with Crippen LogP contribution in [0.25, 0.3) is 0 Å². The molecule has 0 aliphatic heterocycles. The van der Waals surface area contributed by atoms with E-state index in [-0.39, 0.29) is 12.4 Å². The Bertz CT molecular complexity index is 815. The first kappa shape index (κ1) is 19.6. The largest absolute Gasteiger partial charge is 0.507 e. The summed E-state index contributed by atoms with van der Waals surface area (Å²) in [4.78, 5) is 11.8. The number of amides is 1. The van der Waals surface area contributed by atoms with Crippen molar-refractivity contribution in [2.45, 2.75) is 0 Å². The Labute approximate surface area is 166 Å². The molecule has 9 heteroatoms. The SMILES string of the molecule is COc1cc(Br)cc(Br)c1OCC(=O)N/N=C/c1cc(Cl)ccc1O. The van der Waals surface area contributed by atoms with Gasteiger partial charge in [0, 0.05) is 15.1 Å². The van der Waals surface area contributed by atoms with Gasteiger partial charge in [0.1, 0.15) is 5.75 Å². The molecule has 2 rings (SSSR count). The smallest absolute Gasteiger partial charge is 0.277 e. The number of hydrogen-bond donors (Lipinski definition) is 2. The van der Waals surface area contributed by atoms with E-state index in [2.05, 4.69) is 42.4 Å². The maximum Gasteiger partial charge on any atom is 0.277 e. The zero-order valence-electron chi connectivity index (χ0n) is 12.9. The highest BCUT2D eigenvalue weighted by molar-refractivity contribution is 9.11. The zero-order chi connectivity index (χ0) is 18.4. The van der Waals surface area contributed by atoms with Crippen LogP contribution < -0.4 is 14.9 Å². The average molecular weight is 493 g/mol. The van der Waals surface area contributed by atoms with E-state index in [0.717, 1.165) is 4.47 Å². The first-order valence-electron chi connectivity index (χ1n) is 6.87.